The van der Waals surface area contributed by atoms with Gasteiger partial charge in [0, 0.05) is 31.7 Å². The Morgan fingerprint density at radius 3 is 2.47 bits per heavy atom. The Kier molecular flexibility index (Phi) is 8.40. The average Bonchev–Trinajstić information content (AvgIpc) is 3.56. The first-order chi connectivity index (χ1) is 18.2. The fraction of sp³-hybridized carbons (Fsp3) is 0.600. The second-order valence-corrected chi connectivity index (χ2v) is 11.4. The molecule has 3 aromatic rings. The van der Waals surface area contributed by atoms with Crippen LogP contribution in [0.4, 0.5) is 0 Å². The van der Waals surface area contributed by atoms with Crippen molar-refractivity contribution in [2.24, 2.45) is 11.3 Å². The van der Waals surface area contributed by atoms with Crippen LogP contribution in [0.25, 0.3) is 0 Å². The van der Waals surface area contributed by atoms with Crippen LogP contribution in [0.1, 0.15) is 88.5 Å². The Balaban J connectivity index is 1.69. The molecule has 1 aliphatic heterocycles. The molecule has 8 heteroatoms. The molecule has 4 rings (SSSR count). The molecule has 1 unspecified atom stereocenters. The van der Waals surface area contributed by atoms with E-state index >= 15 is 0 Å². The van der Waals surface area contributed by atoms with Crippen molar-refractivity contribution in [2.75, 3.05) is 13.1 Å². The number of carboxylic acid groups (broad SMARTS) is 1. The minimum Gasteiger partial charge on any atom is -0.481 e. The molecule has 0 aliphatic carbocycles. The highest BCUT2D eigenvalue weighted by Gasteiger charge is 2.53. The van der Waals surface area contributed by atoms with E-state index in [1.807, 2.05) is 26.2 Å². The van der Waals surface area contributed by atoms with Gasteiger partial charge in [0.2, 0.25) is 0 Å². The molecule has 38 heavy (non-hydrogen) atoms. The van der Waals surface area contributed by atoms with Gasteiger partial charge < -0.3 is 9.67 Å². The van der Waals surface area contributed by atoms with Gasteiger partial charge in [-0.3, -0.25) is 14.4 Å². The zero-order chi connectivity index (χ0) is 27.5. The highest BCUT2D eigenvalue weighted by atomic mass is 16.4. The molecule has 1 saturated heterocycles. The monoisotopic (exact) mass is 520 g/mol. The lowest BCUT2D eigenvalue weighted by Crippen LogP contribution is -2.48. The third kappa shape index (κ3) is 5.15. The highest BCUT2D eigenvalue weighted by Crippen LogP contribution is 2.49. The van der Waals surface area contributed by atoms with Crippen LogP contribution < -0.4 is 0 Å². The molecule has 2 aromatic heterocycles. The lowest BCUT2D eigenvalue weighted by molar-refractivity contribution is -0.150. The third-order valence-electron chi connectivity index (χ3n) is 9.07. The maximum Gasteiger partial charge on any atom is 0.310 e. The number of likely N-dealkylation sites (tertiary alicyclic amines) is 1. The van der Waals surface area contributed by atoms with Crippen LogP contribution in [0.15, 0.2) is 36.8 Å². The summed E-state index contributed by atoms with van der Waals surface area (Å²) in [5.41, 5.74) is 2.05. The molecule has 0 spiro atoms. The van der Waals surface area contributed by atoms with Crippen LogP contribution in [-0.2, 0) is 29.8 Å². The van der Waals surface area contributed by atoms with Crippen LogP contribution in [0.5, 0.6) is 0 Å². The van der Waals surface area contributed by atoms with E-state index in [0.717, 1.165) is 42.5 Å². The minimum atomic E-state index is -1.10. The van der Waals surface area contributed by atoms with Crippen LogP contribution in [0.2, 0.25) is 0 Å². The van der Waals surface area contributed by atoms with Gasteiger partial charge in [0.15, 0.2) is 0 Å². The SMILES string of the molecule is CCC1CCN(Cc2nccn2Cc2cc(C(CC)(c3cn(CC)nn3)C(C)(C)C(=O)O)ccc2C)CC1. The summed E-state index contributed by atoms with van der Waals surface area (Å²) in [7, 11) is 0. The Morgan fingerprint density at radius 1 is 1.13 bits per heavy atom. The number of rotatable bonds is 11. The number of nitrogens with zero attached hydrogens (tertiary/aromatic N) is 6. The van der Waals surface area contributed by atoms with E-state index in [0.29, 0.717) is 25.2 Å². The summed E-state index contributed by atoms with van der Waals surface area (Å²) in [6, 6.07) is 6.37. The number of imidazole rings is 1. The third-order valence-corrected chi connectivity index (χ3v) is 9.07. The van der Waals surface area contributed by atoms with Crippen molar-refractivity contribution in [3.05, 3.63) is 65.0 Å². The van der Waals surface area contributed by atoms with Crippen molar-refractivity contribution in [3.63, 3.8) is 0 Å². The van der Waals surface area contributed by atoms with Crippen LogP contribution >= 0.6 is 0 Å². The number of carbonyl (C=O) groups is 1. The molecular formula is C30H44N6O2. The summed E-state index contributed by atoms with van der Waals surface area (Å²) in [5.74, 6) is 1.07. The summed E-state index contributed by atoms with van der Waals surface area (Å²) in [6.45, 7) is 16.6. The summed E-state index contributed by atoms with van der Waals surface area (Å²) < 4.78 is 4.01. The van der Waals surface area contributed by atoms with Crippen molar-refractivity contribution in [3.8, 4) is 0 Å². The van der Waals surface area contributed by atoms with Gasteiger partial charge in [-0.1, -0.05) is 43.7 Å². The van der Waals surface area contributed by atoms with Crippen molar-refractivity contribution < 1.29 is 9.90 Å². The van der Waals surface area contributed by atoms with E-state index in [9.17, 15) is 9.90 Å². The molecule has 1 aliphatic rings. The Morgan fingerprint density at radius 2 is 1.87 bits per heavy atom. The molecule has 0 radical (unpaired) electrons. The molecule has 1 fully saturated rings. The van der Waals surface area contributed by atoms with Crippen molar-refractivity contribution in [1.82, 2.24) is 29.4 Å². The summed E-state index contributed by atoms with van der Waals surface area (Å²) in [6.07, 6.45) is 10.2. The first-order valence-corrected chi connectivity index (χ1v) is 14.1. The van der Waals surface area contributed by atoms with E-state index in [2.05, 4.69) is 58.0 Å². The number of benzene rings is 1. The van der Waals surface area contributed by atoms with Crippen molar-refractivity contribution >= 4 is 5.97 Å². The molecule has 8 nitrogen and oxygen atoms in total. The quantitative estimate of drug-likeness (QED) is 0.370. The molecule has 1 N–H and O–H groups in total. The summed E-state index contributed by atoms with van der Waals surface area (Å²) in [5, 5.41) is 19.2. The lowest BCUT2D eigenvalue weighted by atomic mass is 9.58. The first-order valence-electron chi connectivity index (χ1n) is 14.1. The fourth-order valence-electron chi connectivity index (χ4n) is 6.17. The number of hydrogen-bond acceptors (Lipinski definition) is 5. The molecule has 0 bridgehead atoms. The van der Waals surface area contributed by atoms with Gasteiger partial charge in [-0.2, -0.15) is 0 Å². The Labute approximate surface area is 227 Å². The van der Waals surface area contributed by atoms with E-state index in [1.165, 1.54) is 24.8 Å². The van der Waals surface area contributed by atoms with Gasteiger partial charge in [-0.15, -0.1) is 5.10 Å². The van der Waals surface area contributed by atoms with E-state index in [-0.39, 0.29) is 0 Å². The van der Waals surface area contributed by atoms with E-state index < -0.39 is 16.8 Å². The zero-order valence-corrected chi connectivity index (χ0v) is 23.9. The molecule has 1 atom stereocenters. The molecular weight excluding hydrogens is 476 g/mol. The number of piperidine rings is 1. The second-order valence-electron chi connectivity index (χ2n) is 11.4. The fourth-order valence-corrected chi connectivity index (χ4v) is 6.17. The average molecular weight is 521 g/mol. The maximum atomic E-state index is 12.7. The minimum absolute atomic E-state index is 0.585. The predicted molar refractivity (Wildman–Crippen MR) is 149 cm³/mol. The van der Waals surface area contributed by atoms with Gasteiger partial charge in [-0.25, -0.2) is 4.98 Å². The van der Waals surface area contributed by atoms with Crippen LogP contribution in [0.3, 0.4) is 0 Å². The Hall–Kier alpha value is -3.00. The molecule has 206 valence electrons. The number of carboxylic acids is 1. The largest absolute Gasteiger partial charge is 0.481 e. The maximum absolute atomic E-state index is 12.7. The topological polar surface area (TPSA) is 89.1 Å². The smallest absolute Gasteiger partial charge is 0.310 e. The van der Waals surface area contributed by atoms with Gasteiger partial charge in [-0.05, 0) is 82.7 Å². The molecule has 3 heterocycles. The first kappa shape index (κ1) is 28.0. The predicted octanol–water partition coefficient (Wildman–Crippen LogP) is 5.28. The van der Waals surface area contributed by atoms with Crippen molar-refractivity contribution in [2.45, 2.75) is 92.3 Å². The molecule has 0 saturated carbocycles. The van der Waals surface area contributed by atoms with Gasteiger partial charge >= 0.3 is 5.97 Å². The molecule has 1 aromatic carbocycles. The Bertz CT molecular complexity index is 1240. The number of aromatic nitrogens is 5. The second kappa shape index (κ2) is 11.4. The van der Waals surface area contributed by atoms with Gasteiger partial charge in [0.05, 0.1) is 23.1 Å². The van der Waals surface area contributed by atoms with Gasteiger partial charge in [0.25, 0.3) is 0 Å². The van der Waals surface area contributed by atoms with Crippen LogP contribution in [0, 0.1) is 18.3 Å². The zero-order valence-electron chi connectivity index (χ0n) is 23.9. The van der Waals surface area contributed by atoms with Crippen LogP contribution in [-0.4, -0.2) is 53.6 Å². The number of hydrogen-bond donors (Lipinski definition) is 1. The summed E-state index contributed by atoms with van der Waals surface area (Å²) >= 11 is 0. The van der Waals surface area contributed by atoms with E-state index in [1.54, 1.807) is 18.5 Å². The summed E-state index contributed by atoms with van der Waals surface area (Å²) in [4.78, 5) is 19.9. The normalized spacial score (nSPS) is 17.0. The molecule has 0 amide bonds. The highest BCUT2D eigenvalue weighted by molar-refractivity contribution is 5.77. The van der Waals surface area contributed by atoms with Gasteiger partial charge in [0.1, 0.15) is 5.82 Å². The van der Waals surface area contributed by atoms with Crippen molar-refractivity contribution in [1.29, 1.82) is 0 Å². The number of aryl methyl sites for hydroxylation is 2. The number of aliphatic carboxylic acids is 1. The standard InChI is InChI=1S/C30H44N6O2/c1-7-23-12-15-34(16-13-23)21-27-31-14-17-35(27)19-24-18-25(11-10-22(24)4)30(8-2,29(5,6)28(37)38)26-20-36(9-3)33-32-26/h10-11,14,17-18,20,23H,7-9,12-13,15-16,19,21H2,1-6H3,(H,37,38). The van der Waals surface area contributed by atoms with E-state index in [4.69, 9.17) is 4.98 Å². The lowest BCUT2D eigenvalue weighted by Gasteiger charge is -2.43.